The first-order valence-corrected chi connectivity index (χ1v) is 6.52. The van der Waals surface area contributed by atoms with Crippen LogP contribution in [0.5, 0.6) is 0 Å². The summed E-state index contributed by atoms with van der Waals surface area (Å²) in [4.78, 5) is 17.7. The molecular formula is C13H19NO2S. The molecule has 0 heterocycles. The second-order valence-corrected chi connectivity index (χ2v) is 5.89. The van der Waals surface area contributed by atoms with Crippen molar-refractivity contribution in [3.05, 3.63) is 29.8 Å². The third kappa shape index (κ3) is 6.34. The van der Waals surface area contributed by atoms with E-state index in [9.17, 15) is 4.79 Å². The van der Waals surface area contributed by atoms with Gasteiger partial charge in [-0.2, -0.15) is 0 Å². The lowest BCUT2D eigenvalue weighted by Gasteiger charge is -2.18. The number of hydroxylamine groups is 1. The van der Waals surface area contributed by atoms with Crippen LogP contribution in [0.25, 0.3) is 0 Å². The molecule has 1 aromatic rings. The maximum atomic E-state index is 11.5. The quantitative estimate of drug-likeness (QED) is 0.662. The van der Waals surface area contributed by atoms with Gasteiger partial charge >= 0.3 is 0 Å². The Hall–Kier alpha value is -1.00. The number of thioether (sulfide) groups is 1. The van der Waals surface area contributed by atoms with Gasteiger partial charge in [0.25, 0.3) is 5.91 Å². The predicted octanol–water partition coefficient (Wildman–Crippen LogP) is 2.93. The highest BCUT2D eigenvalue weighted by molar-refractivity contribution is 8.00. The summed E-state index contributed by atoms with van der Waals surface area (Å²) in [6.45, 7) is 7.71. The zero-order chi connectivity index (χ0) is 12.9. The van der Waals surface area contributed by atoms with Gasteiger partial charge in [-0.25, -0.2) is 5.48 Å². The molecule has 0 unspecified atom stereocenters. The summed E-state index contributed by atoms with van der Waals surface area (Å²) in [7, 11) is 0. The van der Waals surface area contributed by atoms with Crippen LogP contribution in [0.2, 0.25) is 0 Å². The molecule has 0 bridgehead atoms. The standard InChI is InChI=1S/C13H19NO2S/c1-10-5-7-11(8-6-10)17-9-12(15)14-16-13(2,3)4/h5-8H,9H2,1-4H3,(H,14,15). The Morgan fingerprint density at radius 2 is 1.88 bits per heavy atom. The Kier molecular flexibility index (Phi) is 5.02. The molecule has 0 saturated heterocycles. The average molecular weight is 253 g/mol. The molecule has 0 spiro atoms. The Labute approximate surface area is 107 Å². The van der Waals surface area contributed by atoms with Crippen LogP contribution >= 0.6 is 11.8 Å². The van der Waals surface area contributed by atoms with Crippen LogP contribution in [0.1, 0.15) is 26.3 Å². The van der Waals surface area contributed by atoms with E-state index in [1.165, 1.54) is 17.3 Å². The molecule has 0 aliphatic rings. The highest BCUT2D eigenvalue weighted by atomic mass is 32.2. The maximum absolute atomic E-state index is 11.5. The largest absolute Gasteiger partial charge is 0.272 e. The number of amides is 1. The maximum Gasteiger partial charge on any atom is 0.253 e. The van der Waals surface area contributed by atoms with Gasteiger partial charge in [0.1, 0.15) is 0 Å². The summed E-state index contributed by atoms with van der Waals surface area (Å²) in [5.74, 6) is 0.240. The summed E-state index contributed by atoms with van der Waals surface area (Å²) in [6.07, 6.45) is 0. The number of nitrogens with one attached hydrogen (secondary N) is 1. The number of carbonyl (C=O) groups is 1. The summed E-state index contributed by atoms with van der Waals surface area (Å²) < 4.78 is 0. The third-order valence-corrected chi connectivity index (χ3v) is 2.87. The fourth-order valence-electron chi connectivity index (χ4n) is 1.02. The normalized spacial score (nSPS) is 11.3. The fraction of sp³-hybridized carbons (Fsp3) is 0.462. The Bertz CT molecular complexity index is 368. The van der Waals surface area contributed by atoms with E-state index in [1.54, 1.807) is 0 Å². The molecule has 0 atom stereocenters. The minimum Gasteiger partial charge on any atom is -0.272 e. The Morgan fingerprint density at radius 1 is 1.29 bits per heavy atom. The Balaban J connectivity index is 2.31. The van der Waals surface area contributed by atoms with Crippen molar-refractivity contribution in [2.24, 2.45) is 0 Å². The topological polar surface area (TPSA) is 38.3 Å². The van der Waals surface area contributed by atoms with Gasteiger partial charge < -0.3 is 0 Å². The number of rotatable bonds is 4. The predicted molar refractivity (Wildman–Crippen MR) is 70.9 cm³/mol. The van der Waals surface area contributed by atoms with E-state index >= 15 is 0 Å². The highest BCUT2D eigenvalue weighted by Crippen LogP contribution is 2.17. The van der Waals surface area contributed by atoms with Crippen molar-refractivity contribution in [2.45, 2.75) is 38.2 Å². The minimum absolute atomic E-state index is 0.120. The lowest BCUT2D eigenvalue weighted by atomic mass is 10.2. The molecule has 0 fully saturated rings. The van der Waals surface area contributed by atoms with E-state index in [-0.39, 0.29) is 11.5 Å². The third-order valence-electron chi connectivity index (χ3n) is 1.86. The molecule has 1 N–H and O–H groups in total. The monoisotopic (exact) mass is 253 g/mol. The zero-order valence-electron chi connectivity index (χ0n) is 10.7. The first-order valence-electron chi connectivity index (χ1n) is 5.53. The van der Waals surface area contributed by atoms with Gasteiger partial charge in [-0.3, -0.25) is 9.63 Å². The van der Waals surface area contributed by atoms with Crippen LogP contribution < -0.4 is 5.48 Å². The van der Waals surface area contributed by atoms with Crippen LogP contribution in [0.4, 0.5) is 0 Å². The van der Waals surface area contributed by atoms with Crippen molar-refractivity contribution in [1.29, 1.82) is 0 Å². The molecule has 0 saturated carbocycles. The van der Waals surface area contributed by atoms with Crippen LogP contribution in [0.15, 0.2) is 29.2 Å². The van der Waals surface area contributed by atoms with E-state index in [2.05, 4.69) is 5.48 Å². The Morgan fingerprint density at radius 3 is 2.41 bits per heavy atom. The molecule has 0 aliphatic heterocycles. The van der Waals surface area contributed by atoms with Crippen molar-refractivity contribution >= 4 is 17.7 Å². The first-order chi connectivity index (χ1) is 7.87. The van der Waals surface area contributed by atoms with Crippen molar-refractivity contribution in [2.75, 3.05) is 5.75 Å². The van der Waals surface area contributed by atoms with Gasteiger partial charge in [0.05, 0.1) is 11.4 Å². The number of aryl methyl sites for hydroxylation is 1. The second kappa shape index (κ2) is 6.07. The lowest BCUT2D eigenvalue weighted by Crippen LogP contribution is -2.34. The van der Waals surface area contributed by atoms with E-state index in [0.717, 1.165) is 4.90 Å². The van der Waals surface area contributed by atoms with Crippen LogP contribution in [0.3, 0.4) is 0 Å². The van der Waals surface area contributed by atoms with E-state index < -0.39 is 0 Å². The van der Waals surface area contributed by atoms with Crippen LogP contribution in [-0.4, -0.2) is 17.3 Å². The molecule has 1 aromatic carbocycles. The molecule has 17 heavy (non-hydrogen) atoms. The van der Waals surface area contributed by atoms with Gasteiger partial charge in [-0.1, -0.05) is 17.7 Å². The molecule has 94 valence electrons. The smallest absolute Gasteiger partial charge is 0.253 e. The fourth-order valence-corrected chi connectivity index (χ4v) is 1.71. The number of benzene rings is 1. The highest BCUT2D eigenvalue weighted by Gasteiger charge is 2.12. The lowest BCUT2D eigenvalue weighted by molar-refractivity contribution is -0.142. The molecule has 1 rings (SSSR count). The molecule has 0 aliphatic carbocycles. The van der Waals surface area contributed by atoms with Crippen molar-refractivity contribution in [1.82, 2.24) is 5.48 Å². The summed E-state index contributed by atoms with van der Waals surface area (Å²) in [6, 6.07) is 8.09. The van der Waals surface area contributed by atoms with E-state index in [4.69, 9.17) is 4.84 Å². The van der Waals surface area contributed by atoms with Gasteiger partial charge in [-0.15, -0.1) is 11.8 Å². The van der Waals surface area contributed by atoms with Crippen LogP contribution in [0, 0.1) is 6.92 Å². The molecule has 0 aromatic heterocycles. The van der Waals surface area contributed by atoms with Gasteiger partial charge in [-0.05, 0) is 39.8 Å². The van der Waals surface area contributed by atoms with Crippen molar-refractivity contribution in [3.63, 3.8) is 0 Å². The summed E-state index contributed by atoms with van der Waals surface area (Å²) in [5, 5.41) is 0. The van der Waals surface area contributed by atoms with Crippen LogP contribution in [-0.2, 0) is 9.63 Å². The van der Waals surface area contributed by atoms with Gasteiger partial charge in [0, 0.05) is 4.90 Å². The molecule has 0 radical (unpaired) electrons. The van der Waals surface area contributed by atoms with Crippen molar-refractivity contribution in [3.8, 4) is 0 Å². The molecule has 1 amide bonds. The van der Waals surface area contributed by atoms with E-state index in [1.807, 2.05) is 52.0 Å². The minimum atomic E-state index is -0.357. The average Bonchev–Trinajstić information content (AvgIpc) is 2.25. The summed E-state index contributed by atoms with van der Waals surface area (Å²) in [5.41, 5.74) is 3.30. The SMILES string of the molecule is Cc1ccc(SCC(=O)NOC(C)(C)C)cc1. The number of hydrogen-bond acceptors (Lipinski definition) is 3. The molecular weight excluding hydrogens is 234 g/mol. The van der Waals surface area contributed by atoms with Gasteiger partial charge in [0.15, 0.2) is 0 Å². The zero-order valence-corrected chi connectivity index (χ0v) is 11.6. The van der Waals surface area contributed by atoms with Gasteiger partial charge in [0.2, 0.25) is 0 Å². The van der Waals surface area contributed by atoms with Crippen molar-refractivity contribution < 1.29 is 9.63 Å². The number of hydrogen-bond donors (Lipinski definition) is 1. The van der Waals surface area contributed by atoms with E-state index in [0.29, 0.717) is 5.75 Å². The first kappa shape index (κ1) is 14.1. The molecule has 3 nitrogen and oxygen atoms in total. The number of carbonyl (C=O) groups excluding carboxylic acids is 1. The second-order valence-electron chi connectivity index (χ2n) is 4.84. The molecule has 4 heteroatoms. The summed E-state index contributed by atoms with van der Waals surface area (Å²) >= 11 is 1.50.